The van der Waals surface area contributed by atoms with Crippen molar-refractivity contribution in [3.8, 4) is 0 Å². The van der Waals surface area contributed by atoms with Crippen molar-refractivity contribution < 1.29 is 4.79 Å². The maximum absolute atomic E-state index is 12.1. The van der Waals surface area contributed by atoms with Crippen LogP contribution in [0.25, 0.3) is 11.0 Å². The molecule has 0 bridgehead atoms. The summed E-state index contributed by atoms with van der Waals surface area (Å²) in [5.41, 5.74) is 3.37. The second-order valence-electron chi connectivity index (χ2n) is 5.01. The molecule has 1 heterocycles. The minimum absolute atomic E-state index is 0.265. The molecule has 0 aliphatic rings. The molecule has 22 heavy (non-hydrogen) atoms. The molecule has 0 spiro atoms. The Kier molecular flexibility index (Phi) is 4.05. The van der Waals surface area contributed by atoms with E-state index >= 15 is 0 Å². The van der Waals surface area contributed by atoms with Gasteiger partial charge in [-0.25, -0.2) is 4.98 Å². The minimum atomic E-state index is -0.265. The molecule has 1 aromatic heterocycles. The number of nitrogens with one attached hydrogen (secondary N) is 2. The number of rotatable bonds is 3. The van der Waals surface area contributed by atoms with Gasteiger partial charge in [0.05, 0.1) is 28.2 Å². The van der Waals surface area contributed by atoms with E-state index < -0.39 is 0 Å². The highest BCUT2D eigenvalue weighted by atomic mass is 35.5. The van der Waals surface area contributed by atoms with Crippen LogP contribution in [0.1, 0.15) is 21.7 Å². The van der Waals surface area contributed by atoms with Crippen molar-refractivity contribution in [1.29, 1.82) is 0 Å². The van der Waals surface area contributed by atoms with Crippen LogP contribution in [-0.4, -0.2) is 15.9 Å². The lowest BCUT2D eigenvalue weighted by Gasteiger charge is -2.05. The molecule has 0 aliphatic heterocycles. The van der Waals surface area contributed by atoms with Crippen molar-refractivity contribution in [2.24, 2.45) is 0 Å². The van der Waals surface area contributed by atoms with E-state index in [9.17, 15) is 4.79 Å². The maximum atomic E-state index is 12.1. The monoisotopic (exact) mass is 333 g/mol. The van der Waals surface area contributed by atoms with Gasteiger partial charge in [0.15, 0.2) is 0 Å². The number of imidazole rings is 1. The Morgan fingerprint density at radius 2 is 2.05 bits per heavy atom. The predicted molar refractivity (Wildman–Crippen MR) is 88.5 cm³/mol. The molecular weight excluding hydrogens is 321 g/mol. The number of halogens is 2. The summed E-state index contributed by atoms with van der Waals surface area (Å²) in [6.45, 7) is 2.32. The van der Waals surface area contributed by atoms with Crippen LogP contribution in [0, 0.1) is 6.92 Å². The SMILES string of the molecule is Cc1ccc2nc(CNC(=O)c3ccc(Cl)cc3Cl)[nH]c2c1. The van der Waals surface area contributed by atoms with Gasteiger partial charge in [0, 0.05) is 5.02 Å². The molecule has 0 atom stereocenters. The van der Waals surface area contributed by atoms with Gasteiger partial charge in [-0.1, -0.05) is 29.3 Å². The van der Waals surface area contributed by atoms with Crippen LogP contribution in [-0.2, 0) is 6.54 Å². The molecule has 2 N–H and O–H groups in total. The fourth-order valence-electron chi connectivity index (χ4n) is 2.19. The first kappa shape index (κ1) is 14.9. The normalized spacial score (nSPS) is 10.9. The largest absolute Gasteiger partial charge is 0.345 e. The first-order valence-corrected chi connectivity index (χ1v) is 7.47. The molecule has 0 aliphatic carbocycles. The fourth-order valence-corrected chi connectivity index (χ4v) is 2.69. The molecule has 0 saturated carbocycles. The van der Waals surface area contributed by atoms with Crippen LogP contribution >= 0.6 is 23.2 Å². The van der Waals surface area contributed by atoms with Crippen LogP contribution in [0.5, 0.6) is 0 Å². The molecule has 0 unspecified atom stereocenters. The smallest absolute Gasteiger partial charge is 0.253 e. The number of hydrogen-bond acceptors (Lipinski definition) is 2. The van der Waals surface area contributed by atoms with Crippen molar-refractivity contribution in [1.82, 2.24) is 15.3 Å². The van der Waals surface area contributed by atoms with Crippen molar-refractivity contribution in [3.05, 3.63) is 63.4 Å². The lowest BCUT2D eigenvalue weighted by atomic mass is 10.2. The highest BCUT2D eigenvalue weighted by molar-refractivity contribution is 6.36. The number of aromatic nitrogens is 2. The van der Waals surface area contributed by atoms with E-state index in [4.69, 9.17) is 23.2 Å². The second-order valence-corrected chi connectivity index (χ2v) is 5.85. The average Bonchev–Trinajstić information content (AvgIpc) is 2.86. The van der Waals surface area contributed by atoms with Crippen molar-refractivity contribution in [2.75, 3.05) is 0 Å². The number of carbonyl (C=O) groups excluding carboxylic acids is 1. The van der Waals surface area contributed by atoms with E-state index in [1.807, 2.05) is 25.1 Å². The zero-order chi connectivity index (χ0) is 15.7. The van der Waals surface area contributed by atoms with Crippen molar-refractivity contribution in [2.45, 2.75) is 13.5 Å². The van der Waals surface area contributed by atoms with Gasteiger partial charge < -0.3 is 10.3 Å². The average molecular weight is 334 g/mol. The lowest BCUT2D eigenvalue weighted by Crippen LogP contribution is -2.23. The van der Waals surface area contributed by atoms with Gasteiger partial charge in [0.25, 0.3) is 5.91 Å². The third-order valence-electron chi connectivity index (χ3n) is 3.28. The van der Waals surface area contributed by atoms with Crippen LogP contribution in [0.3, 0.4) is 0 Å². The topological polar surface area (TPSA) is 57.8 Å². The van der Waals surface area contributed by atoms with Crippen LogP contribution < -0.4 is 5.32 Å². The standard InChI is InChI=1S/C16H13Cl2N3O/c1-9-2-5-13-14(6-9)21-15(20-13)8-19-16(22)11-4-3-10(17)7-12(11)18/h2-7H,8H2,1H3,(H,19,22)(H,20,21). The number of carbonyl (C=O) groups is 1. The number of fused-ring (bicyclic) bond motifs is 1. The second kappa shape index (κ2) is 5.99. The predicted octanol–water partition coefficient (Wildman–Crippen LogP) is 4.11. The van der Waals surface area contributed by atoms with E-state index in [1.54, 1.807) is 18.2 Å². The summed E-state index contributed by atoms with van der Waals surface area (Å²) in [5, 5.41) is 3.61. The van der Waals surface area contributed by atoms with Crippen molar-refractivity contribution >= 4 is 40.1 Å². The molecule has 0 fully saturated rings. The van der Waals surface area contributed by atoms with Crippen LogP contribution in [0.15, 0.2) is 36.4 Å². The van der Waals surface area contributed by atoms with Gasteiger partial charge >= 0.3 is 0 Å². The van der Waals surface area contributed by atoms with Gasteiger partial charge in [-0.3, -0.25) is 4.79 Å². The Hall–Kier alpha value is -2.04. The summed E-state index contributed by atoms with van der Waals surface area (Å²) in [7, 11) is 0. The van der Waals surface area contributed by atoms with Gasteiger partial charge in [0.1, 0.15) is 5.82 Å². The first-order valence-electron chi connectivity index (χ1n) is 6.71. The summed E-state index contributed by atoms with van der Waals surface area (Å²) in [4.78, 5) is 19.8. The quantitative estimate of drug-likeness (QED) is 0.757. The number of benzene rings is 2. The Morgan fingerprint density at radius 3 is 2.82 bits per heavy atom. The summed E-state index contributed by atoms with van der Waals surface area (Å²) in [6.07, 6.45) is 0. The molecule has 3 aromatic rings. The Balaban J connectivity index is 1.74. The number of amides is 1. The summed E-state index contributed by atoms with van der Waals surface area (Å²) >= 11 is 11.8. The third kappa shape index (κ3) is 3.08. The number of aromatic amines is 1. The molecular formula is C16H13Cl2N3O. The van der Waals surface area contributed by atoms with Gasteiger partial charge in [-0.15, -0.1) is 0 Å². The van der Waals surface area contributed by atoms with Crippen molar-refractivity contribution in [3.63, 3.8) is 0 Å². The summed E-state index contributed by atoms with van der Waals surface area (Å²) < 4.78 is 0. The maximum Gasteiger partial charge on any atom is 0.253 e. The Bertz CT molecular complexity index is 858. The molecule has 0 saturated heterocycles. The number of nitrogens with zero attached hydrogens (tertiary/aromatic N) is 1. The fraction of sp³-hybridized carbons (Fsp3) is 0.125. The molecule has 0 radical (unpaired) electrons. The number of hydrogen-bond donors (Lipinski definition) is 2. The lowest BCUT2D eigenvalue weighted by molar-refractivity contribution is 0.0950. The van der Waals surface area contributed by atoms with E-state index in [2.05, 4.69) is 15.3 Å². The van der Waals surface area contributed by atoms with E-state index in [1.165, 1.54) is 0 Å². The van der Waals surface area contributed by atoms with Gasteiger partial charge in [-0.2, -0.15) is 0 Å². The third-order valence-corrected chi connectivity index (χ3v) is 3.83. The number of H-pyrrole nitrogens is 1. The molecule has 1 amide bonds. The van der Waals surface area contributed by atoms with Crippen LogP contribution in [0.4, 0.5) is 0 Å². The van der Waals surface area contributed by atoms with Crippen LogP contribution in [0.2, 0.25) is 10.0 Å². The van der Waals surface area contributed by atoms with E-state index in [0.29, 0.717) is 28.0 Å². The van der Waals surface area contributed by atoms with E-state index in [0.717, 1.165) is 16.6 Å². The molecule has 2 aromatic carbocycles. The highest BCUT2D eigenvalue weighted by Crippen LogP contribution is 2.21. The molecule has 3 rings (SSSR count). The zero-order valence-electron chi connectivity index (χ0n) is 11.8. The molecule has 112 valence electrons. The number of aryl methyl sites for hydroxylation is 1. The Labute approximate surface area is 137 Å². The Morgan fingerprint density at radius 1 is 1.23 bits per heavy atom. The minimum Gasteiger partial charge on any atom is -0.345 e. The van der Waals surface area contributed by atoms with Gasteiger partial charge in [0.2, 0.25) is 0 Å². The van der Waals surface area contributed by atoms with E-state index in [-0.39, 0.29) is 5.91 Å². The molecule has 4 nitrogen and oxygen atoms in total. The first-order chi connectivity index (χ1) is 10.5. The van der Waals surface area contributed by atoms with Gasteiger partial charge in [-0.05, 0) is 42.8 Å². The highest BCUT2D eigenvalue weighted by Gasteiger charge is 2.11. The summed E-state index contributed by atoms with van der Waals surface area (Å²) in [6, 6.07) is 10.7. The molecule has 6 heteroatoms. The summed E-state index contributed by atoms with van der Waals surface area (Å²) in [5.74, 6) is 0.428. The zero-order valence-corrected chi connectivity index (χ0v) is 13.3.